The van der Waals surface area contributed by atoms with Gasteiger partial charge in [-0.3, -0.25) is 14.4 Å². The molecule has 3 rings (SSSR count). The van der Waals surface area contributed by atoms with Crippen molar-refractivity contribution < 1.29 is 27.5 Å². The van der Waals surface area contributed by atoms with Crippen LogP contribution in [0.25, 0.3) is 0 Å². The summed E-state index contributed by atoms with van der Waals surface area (Å²) in [5.41, 5.74) is -0.735. The number of nitrogens with zero attached hydrogens (tertiary/aromatic N) is 1. The molecule has 146 valence electrons. The zero-order valence-electron chi connectivity index (χ0n) is 16.1. The van der Waals surface area contributed by atoms with Gasteiger partial charge in [-0.05, 0) is 37.3 Å². The number of hydrogen-bond donors (Lipinski definition) is 0. The van der Waals surface area contributed by atoms with Crippen LogP contribution in [0.4, 0.5) is 0 Å². The van der Waals surface area contributed by atoms with Gasteiger partial charge < -0.3 is 4.74 Å². The van der Waals surface area contributed by atoms with Crippen LogP contribution in [0.2, 0.25) is 0 Å². The van der Waals surface area contributed by atoms with E-state index >= 15 is 0 Å². The molecule has 8 heteroatoms. The Kier molecular flexibility index (Phi) is 4.45. The third-order valence-corrected chi connectivity index (χ3v) is 7.45. The van der Waals surface area contributed by atoms with Crippen molar-refractivity contribution in [3.05, 3.63) is 22.8 Å². The maximum atomic E-state index is 13.3. The van der Waals surface area contributed by atoms with Gasteiger partial charge in [0.1, 0.15) is 10.6 Å². The number of carbonyl (C=O) groups is 3. The first-order valence-corrected chi connectivity index (χ1v) is 10.3. The number of ketones is 2. The lowest BCUT2D eigenvalue weighted by Gasteiger charge is -2.37. The summed E-state index contributed by atoms with van der Waals surface area (Å²) < 4.78 is 32.4. The van der Waals surface area contributed by atoms with E-state index in [4.69, 9.17) is 4.74 Å². The molecule has 0 spiro atoms. The van der Waals surface area contributed by atoms with Crippen LogP contribution in [-0.4, -0.2) is 42.8 Å². The van der Waals surface area contributed by atoms with Gasteiger partial charge in [0.05, 0.1) is 12.7 Å². The van der Waals surface area contributed by atoms with Gasteiger partial charge in [-0.15, -0.1) is 0 Å². The van der Waals surface area contributed by atoms with Crippen LogP contribution in [0.3, 0.4) is 0 Å². The van der Waals surface area contributed by atoms with E-state index in [9.17, 15) is 22.8 Å². The predicted octanol–water partition coefficient (Wildman–Crippen LogP) is 2.35. The molecule has 0 radical (unpaired) electrons. The standard InChI is InChI=1S/C19H23NO6S/c1-10(2)16-11(3)12(26-5)9-13-17(16)18(23)20(27(13,24)25)19(4)14(21)7-6-8-15(19)22/h9-10H,6-8H2,1-5H3. The molecule has 1 aromatic rings. The molecule has 0 bridgehead atoms. The van der Waals surface area contributed by atoms with Crippen LogP contribution >= 0.6 is 0 Å². The van der Waals surface area contributed by atoms with Crippen LogP contribution in [0.5, 0.6) is 5.75 Å². The first kappa shape index (κ1) is 19.5. The highest BCUT2D eigenvalue weighted by Crippen LogP contribution is 2.45. The first-order valence-electron chi connectivity index (χ1n) is 8.87. The van der Waals surface area contributed by atoms with Gasteiger partial charge in [0.2, 0.25) is 0 Å². The molecule has 27 heavy (non-hydrogen) atoms. The molecule has 1 amide bonds. The summed E-state index contributed by atoms with van der Waals surface area (Å²) in [5.74, 6) is -1.71. The summed E-state index contributed by atoms with van der Waals surface area (Å²) in [6.07, 6.45) is 0.501. The fraction of sp³-hybridized carbons (Fsp3) is 0.526. The third kappa shape index (κ3) is 2.46. The van der Waals surface area contributed by atoms with E-state index in [2.05, 4.69) is 0 Å². The monoisotopic (exact) mass is 393 g/mol. The lowest BCUT2D eigenvalue weighted by Crippen LogP contribution is -2.61. The Labute approximate surface area is 158 Å². The third-order valence-electron chi connectivity index (χ3n) is 5.57. The molecule has 1 aliphatic carbocycles. The van der Waals surface area contributed by atoms with Gasteiger partial charge in [0.25, 0.3) is 15.9 Å². The van der Waals surface area contributed by atoms with Crippen LogP contribution in [0, 0.1) is 6.92 Å². The van der Waals surface area contributed by atoms with Gasteiger partial charge in [-0.1, -0.05) is 13.8 Å². The largest absolute Gasteiger partial charge is 0.496 e. The van der Waals surface area contributed by atoms with Gasteiger partial charge in [-0.2, -0.15) is 0 Å². The number of amides is 1. The van der Waals surface area contributed by atoms with Gasteiger partial charge in [-0.25, -0.2) is 12.7 Å². The molecule has 0 N–H and O–H groups in total. The fourth-order valence-corrected chi connectivity index (χ4v) is 6.04. The molecule has 0 aromatic heterocycles. The van der Waals surface area contributed by atoms with Crippen molar-refractivity contribution >= 4 is 27.5 Å². The Morgan fingerprint density at radius 2 is 1.70 bits per heavy atom. The van der Waals surface area contributed by atoms with Gasteiger partial charge in [0.15, 0.2) is 17.1 Å². The van der Waals surface area contributed by atoms with E-state index in [1.807, 2.05) is 13.8 Å². The van der Waals surface area contributed by atoms with Crippen molar-refractivity contribution in [1.82, 2.24) is 4.31 Å². The van der Waals surface area contributed by atoms with Crippen LogP contribution in [-0.2, 0) is 19.6 Å². The first-order chi connectivity index (χ1) is 12.5. The predicted molar refractivity (Wildman–Crippen MR) is 97.4 cm³/mol. The zero-order chi connectivity index (χ0) is 20.3. The van der Waals surface area contributed by atoms with Crippen LogP contribution in [0.15, 0.2) is 11.0 Å². The number of benzene rings is 1. The highest BCUT2D eigenvalue weighted by molar-refractivity contribution is 7.90. The highest BCUT2D eigenvalue weighted by Gasteiger charge is 2.59. The molecular formula is C19H23NO6S. The SMILES string of the molecule is COc1cc2c(c(C(C)C)c1C)C(=O)N(C1(C)C(=O)CCCC1=O)S2(=O)=O. The molecule has 1 heterocycles. The average Bonchev–Trinajstić information content (AvgIpc) is 2.77. The van der Waals surface area contributed by atoms with E-state index in [-0.39, 0.29) is 29.2 Å². The number of carbonyl (C=O) groups excluding carboxylic acids is 3. The summed E-state index contributed by atoms with van der Waals surface area (Å²) in [5, 5.41) is 0. The van der Waals surface area contributed by atoms with Crippen LogP contribution < -0.4 is 4.74 Å². The molecule has 2 aliphatic rings. The maximum Gasteiger partial charge on any atom is 0.270 e. The molecule has 1 aromatic carbocycles. The van der Waals surface area contributed by atoms with Crippen molar-refractivity contribution in [2.75, 3.05) is 7.11 Å². The Morgan fingerprint density at radius 1 is 1.15 bits per heavy atom. The minimum absolute atomic E-state index is 0.0377. The van der Waals surface area contributed by atoms with Crippen molar-refractivity contribution in [1.29, 1.82) is 0 Å². The van der Waals surface area contributed by atoms with Crippen molar-refractivity contribution in [2.45, 2.75) is 63.3 Å². The Balaban J connectivity index is 2.34. The molecule has 1 saturated carbocycles. The van der Waals surface area contributed by atoms with Crippen molar-refractivity contribution in [3.63, 3.8) is 0 Å². The van der Waals surface area contributed by atoms with E-state index in [1.54, 1.807) is 6.92 Å². The number of rotatable bonds is 3. The molecule has 1 aliphatic heterocycles. The second-order valence-corrected chi connectivity index (χ2v) is 9.25. The number of Topliss-reactive ketones (excluding diaryl/α,β-unsaturated/α-hetero) is 2. The lowest BCUT2D eigenvalue weighted by atomic mass is 9.80. The van der Waals surface area contributed by atoms with E-state index < -0.39 is 33.0 Å². The Bertz CT molecular complexity index is 960. The summed E-state index contributed by atoms with van der Waals surface area (Å²) >= 11 is 0. The molecular weight excluding hydrogens is 370 g/mol. The second-order valence-electron chi connectivity index (χ2n) is 7.49. The maximum absolute atomic E-state index is 13.3. The molecule has 0 atom stereocenters. The van der Waals surface area contributed by atoms with Gasteiger partial charge >= 0.3 is 0 Å². The Hall–Kier alpha value is -2.22. The minimum Gasteiger partial charge on any atom is -0.496 e. The van der Waals surface area contributed by atoms with Crippen molar-refractivity contribution in [2.24, 2.45) is 0 Å². The fourth-order valence-electron chi connectivity index (χ4n) is 4.14. The number of ether oxygens (including phenoxy) is 1. The summed E-state index contributed by atoms with van der Waals surface area (Å²) in [7, 11) is -2.94. The van der Waals surface area contributed by atoms with E-state index in [0.29, 0.717) is 27.6 Å². The number of methoxy groups -OCH3 is 1. The average molecular weight is 393 g/mol. The smallest absolute Gasteiger partial charge is 0.270 e. The topological polar surface area (TPSA) is 97.8 Å². The summed E-state index contributed by atoms with van der Waals surface area (Å²) in [6.45, 7) is 6.71. The second kappa shape index (κ2) is 6.15. The normalized spacial score (nSPS) is 21.0. The van der Waals surface area contributed by atoms with E-state index in [1.165, 1.54) is 20.1 Å². The van der Waals surface area contributed by atoms with E-state index in [0.717, 1.165) is 0 Å². The molecule has 7 nitrogen and oxygen atoms in total. The molecule has 1 fully saturated rings. The van der Waals surface area contributed by atoms with Crippen molar-refractivity contribution in [3.8, 4) is 5.75 Å². The minimum atomic E-state index is -4.36. The summed E-state index contributed by atoms with van der Waals surface area (Å²) in [6, 6.07) is 1.31. The number of hydrogen-bond acceptors (Lipinski definition) is 6. The highest BCUT2D eigenvalue weighted by atomic mass is 32.2. The summed E-state index contributed by atoms with van der Waals surface area (Å²) in [4.78, 5) is 38.3. The number of sulfonamides is 1. The zero-order valence-corrected chi connectivity index (χ0v) is 16.9. The molecule has 0 saturated heterocycles. The van der Waals surface area contributed by atoms with Crippen LogP contribution in [0.1, 0.15) is 67.4 Å². The molecule has 0 unspecified atom stereocenters. The number of fused-ring (bicyclic) bond motifs is 1. The Morgan fingerprint density at radius 3 is 2.19 bits per heavy atom. The van der Waals surface area contributed by atoms with Gasteiger partial charge in [0, 0.05) is 18.9 Å². The lowest BCUT2D eigenvalue weighted by molar-refractivity contribution is -0.141. The quantitative estimate of drug-likeness (QED) is 0.731.